The molecule has 0 bridgehead atoms. The molecule has 6 heteroatoms. The van der Waals surface area contributed by atoms with Gasteiger partial charge in [0, 0.05) is 30.3 Å². The normalized spacial score (nSPS) is 17.0. The highest BCUT2D eigenvalue weighted by Gasteiger charge is 2.27. The van der Waals surface area contributed by atoms with Crippen LogP contribution in [0.15, 0.2) is 47.0 Å². The Morgan fingerprint density at radius 2 is 1.96 bits per heavy atom. The molecule has 0 aliphatic carbocycles. The molecule has 2 aromatic heterocycles. The van der Waals surface area contributed by atoms with Crippen molar-refractivity contribution >= 4 is 5.91 Å². The molecular formula is C22H22FN3O2. The Bertz CT molecular complexity index is 978. The van der Waals surface area contributed by atoms with Gasteiger partial charge in [-0.15, -0.1) is 0 Å². The van der Waals surface area contributed by atoms with Crippen molar-refractivity contribution in [2.75, 3.05) is 13.1 Å². The maximum atomic E-state index is 13.1. The summed E-state index contributed by atoms with van der Waals surface area (Å²) in [6, 6.07) is 11.7. The lowest BCUT2D eigenvalue weighted by molar-refractivity contribution is 0.0706. The Kier molecular flexibility index (Phi) is 4.94. The first kappa shape index (κ1) is 18.3. The fraction of sp³-hybridized carbons (Fsp3) is 0.318. The minimum Gasteiger partial charge on any atom is -0.361 e. The first-order chi connectivity index (χ1) is 13.5. The van der Waals surface area contributed by atoms with Gasteiger partial charge < -0.3 is 9.42 Å². The van der Waals surface area contributed by atoms with Crippen LogP contribution >= 0.6 is 0 Å². The van der Waals surface area contributed by atoms with Crippen molar-refractivity contribution in [1.29, 1.82) is 0 Å². The second-order valence-corrected chi connectivity index (χ2v) is 7.24. The van der Waals surface area contributed by atoms with Crippen LogP contribution in [0.1, 0.15) is 46.3 Å². The molecule has 1 aromatic carbocycles. The monoisotopic (exact) mass is 379 g/mol. The second kappa shape index (κ2) is 7.54. The van der Waals surface area contributed by atoms with E-state index in [1.165, 1.54) is 24.3 Å². The zero-order valence-corrected chi connectivity index (χ0v) is 16.0. The van der Waals surface area contributed by atoms with E-state index in [0.29, 0.717) is 18.7 Å². The van der Waals surface area contributed by atoms with Crippen molar-refractivity contribution in [2.24, 2.45) is 0 Å². The van der Waals surface area contributed by atoms with Gasteiger partial charge >= 0.3 is 0 Å². The average molecular weight is 379 g/mol. The highest BCUT2D eigenvalue weighted by Crippen LogP contribution is 2.30. The molecule has 1 fully saturated rings. The number of likely N-dealkylation sites (tertiary alicyclic amines) is 1. The van der Waals surface area contributed by atoms with Crippen molar-refractivity contribution < 1.29 is 13.7 Å². The molecule has 3 heterocycles. The Morgan fingerprint density at radius 1 is 1.18 bits per heavy atom. The molecule has 1 atom stereocenters. The minimum absolute atomic E-state index is 0.0634. The van der Waals surface area contributed by atoms with Gasteiger partial charge in [0.2, 0.25) is 0 Å². The summed E-state index contributed by atoms with van der Waals surface area (Å²) in [5.41, 5.74) is 4.07. The van der Waals surface area contributed by atoms with Gasteiger partial charge in [-0.3, -0.25) is 9.78 Å². The van der Waals surface area contributed by atoms with Gasteiger partial charge in [-0.2, -0.15) is 0 Å². The number of hydrogen-bond acceptors (Lipinski definition) is 4. The molecule has 1 amide bonds. The van der Waals surface area contributed by atoms with E-state index in [4.69, 9.17) is 9.51 Å². The molecule has 1 aliphatic heterocycles. The van der Waals surface area contributed by atoms with Crippen molar-refractivity contribution in [2.45, 2.75) is 32.6 Å². The Labute approximate surface area is 163 Å². The molecule has 0 N–H and O–H groups in total. The summed E-state index contributed by atoms with van der Waals surface area (Å²) < 4.78 is 18.4. The van der Waals surface area contributed by atoms with Gasteiger partial charge in [0.05, 0.1) is 17.0 Å². The van der Waals surface area contributed by atoms with Crippen molar-refractivity contribution in [1.82, 2.24) is 15.0 Å². The van der Waals surface area contributed by atoms with Crippen LogP contribution in [0.3, 0.4) is 0 Å². The number of halogens is 1. The highest BCUT2D eigenvalue weighted by molar-refractivity contribution is 5.94. The zero-order chi connectivity index (χ0) is 19.7. The molecular weight excluding hydrogens is 357 g/mol. The number of benzene rings is 1. The standard InChI is InChI=1S/C22H22FN3O2/c1-14-21(15(2)28-25-14)20-7-3-6-19(24-20)17-5-4-12-26(13-17)22(27)16-8-10-18(23)11-9-16/h3,6-11,17H,4-5,12-13H2,1-2H3/t17-/m0/s1. The Balaban J connectivity index is 1.56. The lowest BCUT2D eigenvalue weighted by atomic mass is 9.93. The molecule has 3 aromatic rings. The van der Waals surface area contributed by atoms with E-state index >= 15 is 0 Å². The van der Waals surface area contributed by atoms with Crippen LogP contribution in [0.25, 0.3) is 11.3 Å². The summed E-state index contributed by atoms with van der Waals surface area (Å²) in [5.74, 6) is 0.512. The van der Waals surface area contributed by atoms with E-state index in [-0.39, 0.29) is 17.6 Å². The van der Waals surface area contributed by atoms with E-state index in [1.807, 2.05) is 36.9 Å². The third-order valence-corrected chi connectivity index (χ3v) is 5.28. The number of aryl methyl sites for hydroxylation is 2. The number of carbonyl (C=O) groups excluding carboxylic acids is 1. The number of pyridine rings is 1. The largest absolute Gasteiger partial charge is 0.361 e. The van der Waals surface area contributed by atoms with Gasteiger partial charge in [-0.25, -0.2) is 4.39 Å². The van der Waals surface area contributed by atoms with Crippen LogP contribution in [-0.2, 0) is 0 Å². The van der Waals surface area contributed by atoms with Crippen LogP contribution in [0.4, 0.5) is 4.39 Å². The van der Waals surface area contributed by atoms with Crippen LogP contribution in [-0.4, -0.2) is 34.0 Å². The van der Waals surface area contributed by atoms with Gasteiger partial charge in [0.25, 0.3) is 5.91 Å². The molecule has 0 unspecified atom stereocenters. The summed E-state index contributed by atoms with van der Waals surface area (Å²) in [6.45, 7) is 5.10. The summed E-state index contributed by atoms with van der Waals surface area (Å²) >= 11 is 0. The molecule has 0 radical (unpaired) electrons. The molecule has 4 rings (SSSR count). The van der Waals surface area contributed by atoms with Crippen LogP contribution < -0.4 is 0 Å². The molecule has 144 valence electrons. The van der Waals surface area contributed by atoms with Gasteiger partial charge in [-0.1, -0.05) is 11.2 Å². The van der Waals surface area contributed by atoms with Crippen molar-refractivity contribution in [3.8, 4) is 11.3 Å². The number of piperidine rings is 1. The van der Waals surface area contributed by atoms with E-state index in [9.17, 15) is 9.18 Å². The highest BCUT2D eigenvalue weighted by atomic mass is 19.1. The predicted octanol–water partition coefficient (Wildman–Crippen LogP) is 4.51. The third kappa shape index (κ3) is 3.54. The molecule has 0 saturated carbocycles. The molecule has 28 heavy (non-hydrogen) atoms. The zero-order valence-electron chi connectivity index (χ0n) is 16.0. The Morgan fingerprint density at radius 3 is 2.68 bits per heavy atom. The summed E-state index contributed by atoms with van der Waals surface area (Å²) in [4.78, 5) is 19.5. The van der Waals surface area contributed by atoms with E-state index in [1.54, 1.807) is 0 Å². The topological polar surface area (TPSA) is 59.2 Å². The molecule has 1 aliphatic rings. The summed E-state index contributed by atoms with van der Waals surface area (Å²) in [7, 11) is 0. The number of aromatic nitrogens is 2. The van der Waals surface area contributed by atoms with Gasteiger partial charge in [-0.05, 0) is 63.1 Å². The number of amides is 1. The fourth-order valence-electron chi connectivity index (χ4n) is 3.84. The van der Waals surface area contributed by atoms with Gasteiger partial charge in [0.15, 0.2) is 0 Å². The van der Waals surface area contributed by atoms with E-state index in [2.05, 4.69) is 5.16 Å². The maximum absolute atomic E-state index is 13.1. The first-order valence-corrected chi connectivity index (χ1v) is 9.48. The van der Waals surface area contributed by atoms with E-state index in [0.717, 1.165) is 41.2 Å². The SMILES string of the molecule is Cc1noc(C)c1-c1cccc([C@H]2CCCN(C(=O)c3ccc(F)cc3)C2)n1. The van der Waals surface area contributed by atoms with Crippen molar-refractivity contribution in [3.05, 3.63) is 71.0 Å². The van der Waals surface area contributed by atoms with Crippen molar-refractivity contribution in [3.63, 3.8) is 0 Å². The third-order valence-electron chi connectivity index (χ3n) is 5.28. The summed E-state index contributed by atoms with van der Waals surface area (Å²) in [5, 5.41) is 4.02. The van der Waals surface area contributed by atoms with Crippen LogP contribution in [0, 0.1) is 19.7 Å². The second-order valence-electron chi connectivity index (χ2n) is 7.24. The predicted molar refractivity (Wildman–Crippen MR) is 103 cm³/mol. The fourth-order valence-corrected chi connectivity index (χ4v) is 3.84. The van der Waals surface area contributed by atoms with Crippen LogP contribution in [0.2, 0.25) is 0 Å². The lowest BCUT2D eigenvalue weighted by Crippen LogP contribution is -2.39. The van der Waals surface area contributed by atoms with Gasteiger partial charge in [0.1, 0.15) is 11.6 Å². The number of nitrogens with zero attached hydrogens (tertiary/aromatic N) is 3. The Hall–Kier alpha value is -3.02. The average Bonchev–Trinajstić information content (AvgIpc) is 3.06. The smallest absolute Gasteiger partial charge is 0.253 e. The maximum Gasteiger partial charge on any atom is 0.253 e. The number of rotatable bonds is 3. The first-order valence-electron chi connectivity index (χ1n) is 9.48. The lowest BCUT2D eigenvalue weighted by Gasteiger charge is -2.32. The van der Waals surface area contributed by atoms with Crippen LogP contribution in [0.5, 0.6) is 0 Å². The summed E-state index contributed by atoms with van der Waals surface area (Å²) in [6.07, 6.45) is 1.89. The number of carbonyl (C=O) groups is 1. The molecule has 1 saturated heterocycles. The number of hydrogen-bond donors (Lipinski definition) is 0. The molecule has 0 spiro atoms. The quantitative estimate of drug-likeness (QED) is 0.672. The minimum atomic E-state index is -0.339. The van der Waals surface area contributed by atoms with E-state index < -0.39 is 0 Å². The molecule has 5 nitrogen and oxygen atoms in total.